The molecule has 1 aliphatic rings. The quantitative estimate of drug-likeness (QED) is 0.0935. The van der Waals surface area contributed by atoms with Crippen LogP contribution in [0.2, 0.25) is 0 Å². The summed E-state index contributed by atoms with van der Waals surface area (Å²) in [4.78, 5) is 31.5. The van der Waals surface area contributed by atoms with E-state index in [0.29, 0.717) is 17.7 Å². The van der Waals surface area contributed by atoms with Gasteiger partial charge in [0.25, 0.3) is 11.8 Å². The van der Waals surface area contributed by atoms with Crippen LogP contribution in [0, 0.1) is 17.2 Å². The number of carbonyl (C=O) groups is 2. The first-order valence-electron chi connectivity index (χ1n) is 15.1. The number of hydrogen-bond donors (Lipinski definition) is 0. The standard InChI is InChI=1S/C32H48BrN3O2S/c1-6-10-13-15-18-35(19-16-14-11-7-2)32-29(33)21-26(39-32)20-27-24(5)28(22-34)31(38)36(30(27)37)23-25(9-4)17-12-8-3/h20-21,25H,6-19,23H2,1-5H3/b27-20+. The first kappa shape index (κ1) is 33.3. The van der Waals surface area contributed by atoms with Crippen LogP contribution in [0.5, 0.6) is 0 Å². The summed E-state index contributed by atoms with van der Waals surface area (Å²) in [6, 6.07) is 4.16. The lowest BCUT2D eigenvalue weighted by molar-refractivity contribution is -0.141. The van der Waals surface area contributed by atoms with E-state index in [-0.39, 0.29) is 17.4 Å². The van der Waals surface area contributed by atoms with E-state index in [1.807, 2.05) is 6.08 Å². The summed E-state index contributed by atoms with van der Waals surface area (Å²) in [6.45, 7) is 12.9. The highest BCUT2D eigenvalue weighted by Gasteiger charge is 2.36. The molecule has 7 heteroatoms. The first-order valence-corrected chi connectivity index (χ1v) is 16.7. The molecule has 2 heterocycles. The van der Waals surface area contributed by atoms with Gasteiger partial charge in [-0.1, -0.05) is 85.5 Å². The van der Waals surface area contributed by atoms with E-state index in [1.54, 1.807) is 18.3 Å². The van der Waals surface area contributed by atoms with Crippen LogP contribution in [-0.2, 0) is 9.59 Å². The van der Waals surface area contributed by atoms with E-state index in [2.05, 4.69) is 60.7 Å². The number of hydrogen-bond acceptors (Lipinski definition) is 5. The van der Waals surface area contributed by atoms with Crippen LogP contribution < -0.4 is 4.90 Å². The molecule has 39 heavy (non-hydrogen) atoms. The molecule has 1 unspecified atom stereocenters. The molecule has 1 atom stereocenters. The second-order valence-electron chi connectivity index (χ2n) is 10.7. The van der Waals surface area contributed by atoms with Gasteiger partial charge in [-0.15, -0.1) is 11.3 Å². The molecule has 0 fully saturated rings. The number of carbonyl (C=O) groups excluding carboxylic acids is 2. The van der Waals surface area contributed by atoms with E-state index in [0.717, 1.165) is 48.1 Å². The summed E-state index contributed by atoms with van der Waals surface area (Å²) in [7, 11) is 0. The van der Waals surface area contributed by atoms with Gasteiger partial charge in [-0.05, 0) is 65.7 Å². The molecule has 0 radical (unpaired) electrons. The second kappa shape index (κ2) is 17.7. The Bertz CT molecular complexity index is 1040. The number of amides is 2. The Morgan fingerprint density at radius 2 is 1.59 bits per heavy atom. The summed E-state index contributed by atoms with van der Waals surface area (Å²) in [6.07, 6.45) is 15.7. The van der Waals surface area contributed by atoms with Crippen LogP contribution in [-0.4, -0.2) is 36.3 Å². The van der Waals surface area contributed by atoms with Crippen LogP contribution in [0.25, 0.3) is 6.08 Å². The Kier molecular flexibility index (Phi) is 15.1. The van der Waals surface area contributed by atoms with Crippen LogP contribution >= 0.6 is 27.3 Å². The largest absolute Gasteiger partial charge is 0.363 e. The molecule has 0 saturated carbocycles. The second-order valence-corrected chi connectivity index (χ2v) is 12.6. The third kappa shape index (κ3) is 9.60. The van der Waals surface area contributed by atoms with E-state index < -0.39 is 5.91 Å². The zero-order chi connectivity index (χ0) is 28.8. The number of nitriles is 1. The lowest BCUT2D eigenvalue weighted by atomic mass is 9.92. The lowest BCUT2D eigenvalue weighted by Crippen LogP contribution is -2.45. The van der Waals surface area contributed by atoms with Crippen molar-refractivity contribution in [2.24, 2.45) is 5.92 Å². The predicted molar refractivity (Wildman–Crippen MR) is 169 cm³/mol. The van der Waals surface area contributed by atoms with Gasteiger partial charge in [0.05, 0.1) is 4.47 Å². The van der Waals surface area contributed by atoms with Crippen molar-refractivity contribution in [3.8, 4) is 6.07 Å². The molecule has 1 aliphatic heterocycles. The van der Waals surface area contributed by atoms with Crippen molar-refractivity contribution in [3.05, 3.63) is 32.1 Å². The molecule has 2 rings (SSSR count). The fraction of sp³-hybridized carbons (Fsp3) is 0.656. The Labute approximate surface area is 249 Å². The van der Waals surface area contributed by atoms with Crippen molar-refractivity contribution >= 4 is 50.2 Å². The highest BCUT2D eigenvalue weighted by molar-refractivity contribution is 9.10. The highest BCUT2D eigenvalue weighted by Crippen LogP contribution is 2.39. The fourth-order valence-electron chi connectivity index (χ4n) is 5.05. The van der Waals surface area contributed by atoms with Gasteiger partial charge in [0.2, 0.25) is 0 Å². The first-order chi connectivity index (χ1) is 18.8. The van der Waals surface area contributed by atoms with E-state index >= 15 is 0 Å². The predicted octanol–water partition coefficient (Wildman–Crippen LogP) is 9.29. The summed E-state index contributed by atoms with van der Waals surface area (Å²) in [5.41, 5.74) is 1.01. The van der Waals surface area contributed by atoms with Crippen molar-refractivity contribution in [1.29, 1.82) is 5.26 Å². The molecular weight excluding hydrogens is 570 g/mol. The summed E-state index contributed by atoms with van der Waals surface area (Å²) in [5, 5.41) is 11.0. The Morgan fingerprint density at radius 3 is 2.13 bits per heavy atom. The maximum absolute atomic E-state index is 13.6. The van der Waals surface area contributed by atoms with Crippen molar-refractivity contribution in [2.75, 3.05) is 24.5 Å². The lowest BCUT2D eigenvalue weighted by Gasteiger charge is -2.30. The Hall–Kier alpha value is -1.91. The Balaban J connectivity index is 2.37. The number of rotatable bonds is 18. The maximum atomic E-state index is 13.6. The van der Waals surface area contributed by atoms with Crippen LogP contribution in [0.4, 0.5) is 5.00 Å². The topological polar surface area (TPSA) is 64.4 Å². The minimum absolute atomic E-state index is 0.0792. The maximum Gasteiger partial charge on any atom is 0.271 e. The third-order valence-electron chi connectivity index (χ3n) is 7.63. The zero-order valence-electron chi connectivity index (χ0n) is 24.8. The van der Waals surface area contributed by atoms with Gasteiger partial charge >= 0.3 is 0 Å². The summed E-state index contributed by atoms with van der Waals surface area (Å²) < 4.78 is 1.04. The molecule has 216 valence electrons. The number of imide groups is 1. The molecule has 0 aliphatic carbocycles. The van der Waals surface area contributed by atoms with E-state index in [9.17, 15) is 14.9 Å². The molecule has 1 aromatic heterocycles. The zero-order valence-corrected chi connectivity index (χ0v) is 27.2. The number of nitrogens with zero attached hydrogens (tertiary/aromatic N) is 3. The minimum Gasteiger partial charge on any atom is -0.363 e. The van der Waals surface area contributed by atoms with Crippen LogP contribution in [0.3, 0.4) is 0 Å². The molecule has 0 saturated heterocycles. The number of thiophene rings is 1. The number of anilines is 1. The van der Waals surface area contributed by atoms with Crippen LogP contribution in [0.15, 0.2) is 27.3 Å². The smallest absolute Gasteiger partial charge is 0.271 e. The number of unbranched alkanes of at least 4 members (excludes halogenated alkanes) is 7. The molecule has 0 bridgehead atoms. The van der Waals surface area contributed by atoms with Gasteiger partial charge in [0, 0.05) is 30.1 Å². The molecular formula is C32H48BrN3O2S. The molecule has 2 amide bonds. The minimum atomic E-state index is -0.453. The SMILES string of the molecule is CCCCCCN(CCCCCC)c1sc(/C=C2/C(=O)N(CC(CC)CCCC)C(=O)C(C#N)=C2C)cc1Br. The van der Waals surface area contributed by atoms with Crippen molar-refractivity contribution < 1.29 is 9.59 Å². The molecule has 0 aromatic carbocycles. The van der Waals surface area contributed by atoms with E-state index in [4.69, 9.17) is 0 Å². The Morgan fingerprint density at radius 1 is 0.974 bits per heavy atom. The average Bonchev–Trinajstić information content (AvgIpc) is 3.29. The normalized spacial score (nSPS) is 15.8. The van der Waals surface area contributed by atoms with E-state index in [1.165, 1.54) is 61.3 Å². The van der Waals surface area contributed by atoms with Gasteiger partial charge in [-0.2, -0.15) is 5.26 Å². The van der Waals surface area contributed by atoms with Gasteiger partial charge in [0.1, 0.15) is 16.6 Å². The summed E-state index contributed by atoms with van der Waals surface area (Å²) >= 11 is 5.47. The van der Waals surface area contributed by atoms with Crippen molar-refractivity contribution in [1.82, 2.24) is 4.90 Å². The van der Waals surface area contributed by atoms with Crippen LogP contribution in [0.1, 0.15) is 117 Å². The molecule has 5 nitrogen and oxygen atoms in total. The van der Waals surface area contributed by atoms with Crippen molar-refractivity contribution in [2.45, 2.75) is 112 Å². The average molecular weight is 619 g/mol. The van der Waals surface area contributed by atoms with Crippen molar-refractivity contribution in [3.63, 3.8) is 0 Å². The fourth-order valence-corrected chi connectivity index (χ4v) is 6.99. The van der Waals surface area contributed by atoms with Gasteiger partial charge in [-0.3, -0.25) is 14.5 Å². The monoisotopic (exact) mass is 617 g/mol. The van der Waals surface area contributed by atoms with Gasteiger partial charge in [0.15, 0.2) is 0 Å². The number of halogens is 1. The third-order valence-corrected chi connectivity index (χ3v) is 9.64. The molecule has 0 spiro atoms. The highest BCUT2D eigenvalue weighted by atomic mass is 79.9. The van der Waals surface area contributed by atoms with Gasteiger partial charge < -0.3 is 4.90 Å². The molecule has 1 aromatic rings. The molecule has 0 N–H and O–H groups in total. The summed E-state index contributed by atoms with van der Waals surface area (Å²) in [5.74, 6) is -0.493. The van der Waals surface area contributed by atoms with Gasteiger partial charge in [-0.25, -0.2) is 0 Å².